The Kier molecular flexibility index (Phi) is 2.95. The number of benzene rings is 1. The average molecular weight is 257 g/mol. The first-order valence-corrected chi connectivity index (χ1v) is 6.23. The molecule has 0 aliphatic carbocycles. The molecule has 0 spiro atoms. The molecule has 1 aliphatic heterocycles. The molecule has 98 valence electrons. The van der Waals surface area contributed by atoms with E-state index in [0.29, 0.717) is 18.9 Å². The van der Waals surface area contributed by atoms with Gasteiger partial charge in [0.25, 0.3) is 0 Å². The van der Waals surface area contributed by atoms with Crippen molar-refractivity contribution < 1.29 is 9.47 Å². The second kappa shape index (κ2) is 4.76. The van der Waals surface area contributed by atoms with Crippen LogP contribution in [0.1, 0.15) is 12.1 Å². The maximum absolute atomic E-state index is 6.02. The van der Waals surface area contributed by atoms with Crippen molar-refractivity contribution in [3.8, 4) is 22.8 Å². The van der Waals surface area contributed by atoms with E-state index in [-0.39, 0.29) is 0 Å². The van der Waals surface area contributed by atoms with Gasteiger partial charge < -0.3 is 15.2 Å². The minimum atomic E-state index is 0.594. The maximum Gasteiger partial charge on any atom is 0.161 e. The fourth-order valence-corrected chi connectivity index (χ4v) is 2.02. The lowest BCUT2D eigenvalue weighted by atomic mass is 10.1. The molecule has 0 saturated carbocycles. The van der Waals surface area contributed by atoms with Crippen molar-refractivity contribution >= 4 is 5.69 Å². The minimum Gasteiger partial charge on any atom is -0.490 e. The van der Waals surface area contributed by atoms with Crippen LogP contribution < -0.4 is 15.2 Å². The van der Waals surface area contributed by atoms with E-state index in [1.165, 1.54) is 6.33 Å². The molecule has 3 rings (SSSR count). The van der Waals surface area contributed by atoms with E-state index in [2.05, 4.69) is 9.97 Å². The Morgan fingerprint density at radius 1 is 1.11 bits per heavy atom. The minimum absolute atomic E-state index is 0.594. The predicted molar refractivity (Wildman–Crippen MR) is 72.2 cm³/mol. The van der Waals surface area contributed by atoms with Crippen molar-refractivity contribution in [2.24, 2.45) is 0 Å². The van der Waals surface area contributed by atoms with Crippen LogP contribution in [-0.4, -0.2) is 23.2 Å². The normalized spacial score (nSPS) is 13.9. The number of anilines is 1. The Balaban J connectivity index is 2.06. The molecule has 0 radical (unpaired) electrons. The van der Waals surface area contributed by atoms with Crippen LogP contribution in [0.3, 0.4) is 0 Å². The van der Waals surface area contributed by atoms with Crippen molar-refractivity contribution in [2.75, 3.05) is 18.9 Å². The topological polar surface area (TPSA) is 70.3 Å². The van der Waals surface area contributed by atoms with Gasteiger partial charge in [0.05, 0.1) is 30.3 Å². The summed E-state index contributed by atoms with van der Waals surface area (Å²) in [5.41, 5.74) is 9.03. The molecule has 1 aromatic heterocycles. The summed E-state index contributed by atoms with van der Waals surface area (Å²) in [4.78, 5) is 8.32. The lowest BCUT2D eigenvalue weighted by Gasteiger charge is -2.10. The van der Waals surface area contributed by atoms with Crippen LogP contribution in [0, 0.1) is 6.92 Å². The second-order valence-electron chi connectivity index (χ2n) is 4.43. The lowest BCUT2D eigenvalue weighted by Crippen LogP contribution is -1.99. The highest BCUT2D eigenvalue weighted by atomic mass is 16.5. The van der Waals surface area contributed by atoms with Gasteiger partial charge in [0.15, 0.2) is 11.5 Å². The highest BCUT2D eigenvalue weighted by molar-refractivity contribution is 5.75. The van der Waals surface area contributed by atoms with E-state index >= 15 is 0 Å². The standard InChI is InChI=1S/C14H15N3O2/c1-9-13(15)14(17-8-16-9)10-3-4-11-12(7-10)19-6-2-5-18-11/h3-4,7-8H,2,5-6,15H2,1H3. The van der Waals surface area contributed by atoms with Crippen molar-refractivity contribution in [3.05, 3.63) is 30.2 Å². The summed E-state index contributed by atoms with van der Waals surface area (Å²) in [6.07, 6.45) is 2.41. The number of aryl methyl sites for hydroxylation is 1. The zero-order valence-corrected chi connectivity index (χ0v) is 10.7. The fourth-order valence-electron chi connectivity index (χ4n) is 2.02. The van der Waals surface area contributed by atoms with Gasteiger partial charge in [0.2, 0.25) is 0 Å². The second-order valence-corrected chi connectivity index (χ2v) is 4.43. The number of nitrogens with two attached hydrogens (primary N) is 1. The van der Waals surface area contributed by atoms with Gasteiger partial charge in [-0.25, -0.2) is 9.97 Å². The number of nitrogen functional groups attached to an aromatic ring is 1. The van der Waals surface area contributed by atoms with Crippen molar-refractivity contribution in [2.45, 2.75) is 13.3 Å². The van der Waals surface area contributed by atoms with Crippen molar-refractivity contribution in [1.82, 2.24) is 9.97 Å². The van der Waals surface area contributed by atoms with Gasteiger partial charge >= 0.3 is 0 Å². The van der Waals surface area contributed by atoms with Gasteiger partial charge in [0, 0.05) is 12.0 Å². The molecule has 2 N–H and O–H groups in total. The van der Waals surface area contributed by atoms with Gasteiger partial charge in [-0.3, -0.25) is 0 Å². The molecule has 0 bridgehead atoms. The van der Waals surface area contributed by atoms with Crippen LogP contribution in [0.4, 0.5) is 5.69 Å². The summed E-state index contributed by atoms with van der Waals surface area (Å²) < 4.78 is 11.3. The summed E-state index contributed by atoms with van der Waals surface area (Å²) >= 11 is 0. The number of fused-ring (bicyclic) bond motifs is 1. The molecule has 5 heteroatoms. The molecular formula is C14H15N3O2. The SMILES string of the molecule is Cc1ncnc(-c2ccc3c(c2)OCCCO3)c1N. The first-order valence-electron chi connectivity index (χ1n) is 6.23. The van der Waals surface area contributed by atoms with E-state index in [9.17, 15) is 0 Å². The highest BCUT2D eigenvalue weighted by Gasteiger charge is 2.14. The van der Waals surface area contributed by atoms with Crippen LogP contribution >= 0.6 is 0 Å². The van der Waals surface area contributed by atoms with Crippen LogP contribution in [0.5, 0.6) is 11.5 Å². The number of nitrogens with zero attached hydrogens (tertiary/aromatic N) is 2. The summed E-state index contributed by atoms with van der Waals surface area (Å²) in [5.74, 6) is 1.51. The molecule has 2 heterocycles. The summed E-state index contributed by atoms with van der Waals surface area (Å²) in [7, 11) is 0. The first kappa shape index (κ1) is 11.8. The molecule has 0 amide bonds. The molecule has 19 heavy (non-hydrogen) atoms. The molecule has 5 nitrogen and oxygen atoms in total. The van der Waals surface area contributed by atoms with E-state index in [0.717, 1.165) is 34.9 Å². The van der Waals surface area contributed by atoms with Gasteiger partial charge in [-0.05, 0) is 25.1 Å². The quantitative estimate of drug-likeness (QED) is 0.848. The Bertz CT molecular complexity index is 614. The van der Waals surface area contributed by atoms with Crippen LogP contribution in [0.15, 0.2) is 24.5 Å². The number of hydrogen-bond donors (Lipinski definition) is 1. The zero-order chi connectivity index (χ0) is 13.2. The van der Waals surface area contributed by atoms with Crippen molar-refractivity contribution in [3.63, 3.8) is 0 Å². The van der Waals surface area contributed by atoms with E-state index in [4.69, 9.17) is 15.2 Å². The molecule has 0 unspecified atom stereocenters. The molecule has 2 aromatic rings. The molecule has 1 aromatic carbocycles. The highest BCUT2D eigenvalue weighted by Crippen LogP contribution is 2.35. The fraction of sp³-hybridized carbons (Fsp3) is 0.286. The third-order valence-corrected chi connectivity index (χ3v) is 3.10. The molecular weight excluding hydrogens is 242 g/mol. The molecule has 0 atom stereocenters. The summed E-state index contributed by atoms with van der Waals surface area (Å²) in [5, 5.41) is 0. The van der Waals surface area contributed by atoms with Gasteiger partial charge in [-0.1, -0.05) is 0 Å². The third-order valence-electron chi connectivity index (χ3n) is 3.10. The first-order chi connectivity index (χ1) is 9.25. The Hall–Kier alpha value is -2.30. The smallest absolute Gasteiger partial charge is 0.161 e. The van der Waals surface area contributed by atoms with Crippen molar-refractivity contribution in [1.29, 1.82) is 0 Å². The van der Waals surface area contributed by atoms with E-state index < -0.39 is 0 Å². The monoisotopic (exact) mass is 257 g/mol. The number of aromatic nitrogens is 2. The van der Waals surface area contributed by atoms with Crippen LogP contribution in [0.25, 0.3) is 11.3 Å². The van der Waals surface area contributed by atoms with Gasteiger partial charge in [-0.2, -0.15) is 0 Å². The van der Waals surface area contributed by atoms with Crippen LogP contribution in [-0.2, 0) is 0 Å². The molecule has 0 fully saturated rings. The summed E-state index contributed by atoms with van der Waals surface area (Å²) in [6.45, 7) is 3.21. The Morgan fingerprint density at radius 2 is 1.89 bits per heavy atom. The number of hydrogen-bond acceptors (Lipinski definition) is 5. The number of rotatable bonds is 1. The zero-order valence-electron chi connectivity index (χ0n) is 10.7. The summed E-state index contributed by atoms with van der Waals surface area (Å²) in [6, 6.07) is 5.75. The maximum atomic E-state index is 6.02. The van der Waals surface area contributed by atoms with Crippen LogP contribution in [0.2, 0.25) is 0 Å². The van der Waals surface area contributed by atoms with Gasteiger partial charge in [-0.15, -0.1) is 0 Å². The van der Waals surface area contributed by atoms with E-state index in [1.807, 2.05) is 25.1 Å². The third kappa shape index (κ3) is 2.19. The Morgan fingerprint density at radius 3 is 2.74 bits per heavy atom. The van der Waals surface area contributed by atoms with E-state index in [1.54, 1.807) is 0 Å². The number of ether oxygens (including phenoxy) is 2. The Labute approximate surface area is 111 Å². The largest absolute Gasteiger partial charge is 0.490 e. The van der Waals surface area contributed by atoms with Gasteiger partial charge in [0.1, 0.15) is 6.33 Å². The molecule has 0 saturated heterocycles. The molecule has 1 aliphatic rings. The predicted octanol–water partition coefficient (Wildman–Crippen LogP) is 2.20. The lowest BCUT2D eigenvalue weighted by molar-refractivity contribution is 0.297. The average Bonchev–Trinajstić information content (AvgIpc) is 2.66.